The number of hydrogen-bond donors (Lipinski definition) is 2. The average Bonchev–Trinajstić information content (AvgIpc) is 2.46. The number of nitrogens with two attached hydrogens (primary N) is 1. The maximum atomic E-state index is 12.6. The number of rotatable bonds is 5. The van der Waals surface area contributed by atoms with Gasteiger partial charge in [-0.25, -0.2) is 0 Å². The summed E-state index contributed by atoms with van der Waals surface area (Å²) >= 11 is 0. The average molecular weight is 290 g/mol. The second-order valence-electron chi connectivity index (χ2n) is 6.11. The quantitative estimate of drug-likeness (QED) is 0.876. The minimum absolute atomic E-state index is 0.0713. The van der Waals surface area contributed by atoms with Crippen LogP contribution in [0.4, 0.5) is 5.69 Å². The van der Waals surface area contributed by atoms with Crippen LogP contribution in [-0.2, 0) is 16.1 Å². The summed E-state index contributed by atoms with van der Waals surface area (Å²) in [5, 5.41) is 3.01. The number of para-hydroxylation sites is 1. The minimum atomic E-state index is -0.740. The zero-order valence-corrected chi connectivity index (χ0v) is 13.0. The van der Waals surface area contributed by atoms with E-state index in [0.29, 0.717) is 19.1 Å². The van der Waals surface area contributed by atoms with Gasteiger partial charge in [-0.05, 0) is 31.7 Å². The normalized spacial score (nSPS) is 25.6. The van der Waals surface area contributed by atoms with E-state index < -0.39 is 5.54 Å². The van der Waals surface area contributed by atoms with E-state index in [1.165, 1.54) is 0 Å². The highest BCUT2D eigenvalue weighted by Gasteiger charge is 2.38. The molecule has 116 valence electrons. The fraction of sp³-hybridized carbons (Fsp3) is 0.588. The molecule has 1 aromatic rings. The van der Waals surface area contributed by atoms with Crippen LogP contribution in [-0.4, -0.2) is 18.1 Å². The standard InChI is InChI=1S/C17H26N2O2/c1-3-21-12-14-8-4-5-9-15(14)19-16(20)17(18)10-6-7-13(2)11-17/h4-5,8-9,13H,3,6-7,10-12,18H2,1-2H3,(H,19,20). The lowest BCUT2D eigenvalue weighted by Gasteiger charge is -2.35. The highest BCUT2D eigenvalue weighted by atomic mass is 16.5. The lowest BCUT2D eigenvalue weighted by molar-refractivity contribution is -0.122. The molecule has 0 saturated heterocycles. The molecule has 0 aromatic heterocycles. The van der Waals surface area contributed by atoms with Gasteiger partial charge in [0, 0.05) is 17.9 Å². The van der Waals surface area contributed by atoms with Crippen LogP contribution in [0.3, 0.4) is 0 Å². The van der Waals surface area contributed by atoms with Crippen molar-refractivity contribution in [2.75, 3.05) is 11.9 Å². The second-order valence-corrected chi connectivity index (χ2v) is 6.11. The Kier molecular flexibility index (Phi) is 5.37. The van der Waals surface area contributed by atoms with Gasteiger partial charge in [-0.15, -0.1) is 0 Å². The lowest BCUT2D eigenvalue weighted by atomic mass is 9.76. The van der Waals surface area contributed by atoms with E-state index in [0.717, 1.165) is 36.9 Å². The van der Waals surface area contributed by atoms with E-state index in [1.807, 2.05) is 31.2 Å². The van der Waals surface area contributed by atoms with E-state index in [1.54, 1.807) is 0 Å². The van der Waals surface area contributed by atoms with Crippen molar-refractivity contribution in [3.63, 3.8) is 0 Å². The van der Waals surface area contributed by atoms with Crippen molar-refractivity contribution in [3.8, 4) is 0 Å². The SMILES string of the molecule is CCOCc1ccccc1NC(=O)C1(N)CCCC(C)C1. The third kappa shape index (κ3) is 4.05. The molecule has 21 heavy (non-hydrogen) atoms. The van der Waals surface area contributed by atoms with Gasteiger partial charge in [-0.2, -0.15) is 0 Å². The molecular weight excluding hydrogens is 264 g/mol. The zero-order valence-electron chi connectivity index (χ0n) is 13.0. The van der Waals surface area contributed by atoms with Gasteiger partial charge in [0.15, 0.2) is 0 Å². The molecule has 0 heterocycles. The van der Waals surface area contributed by atoms with Crippen molar-refractivity contribution >= 4 is 11.6 Å². The summed E-state index contributed by atoms with van der Waals surface area (Å²) in [5.41, 5.74) is 7.40. The summed E-state index contributed by atoms with van der Waals surface area (Å²) in [6.07, 6.45) is 3.70. The molecule has 1 aromatic carbocycles. The first kappa shape index (κ1) is 16.0. The molecule has 2 atom stereocenters. The van der Waals surface area contributed by atoms with Crippen molar-refractivity contribution in [2.24, 2.45) is 11.7 Å². The van der Waals surface area contributed by atoms with Crippen LogP contribution in [0.25, 0.3) is 0 Å². The third-order valence-electron chi connectivity index (χ3n) is 4.21. The Morgan fingerprint density at radius 2 is 2.24 bits per heavy atom. The van der Waals surface area contributed by atoms with E-state index in [9.17, 15) is 4.79 Å². The van der Waals surface area contributed by atoms with Gasteiger partial charge < -0.3 is 15.8 Å². The van der Waals surface area contributed by atoms with Crippen molar-refractivity contribution in [3.05, 3.63) is 29.8 Å². The van der Waals surface area contributed by atoms with Crippen LogP contribution in [0, 0.1) is 5.92 Å². The third-order valence-corrected chi connectivity index (χ3v) is 4.21. The fourth-order valence-electron chi connectivity index (χ4n) is 3.03. The van der Waals surface area contributed by atoms with Gasteiger partial charge in [0.2, 0.25) is 5.91 Å². The molecule has 0 spiro atoms. The maximum absolute atomic E-state index is 12.6. The number of anilines is 1. The van der Waals surface area contributed by atoms with E-state index >= 15 is 0 Å². The fourth-order valence-corrected chi connectivity index (χ4v) is 3.03. The number of hydrogen-bond acceptors (Lipinski definition) is 3. The van der Waals surface area contributed by atoms with Gasteiger partial charge in [0.1, 0.15) is 0 Å². The Balaban J connectivity index is 2.08. The first-order valence-corrected chi connectivity index (χ1v) is 7.81. The molecule has 3 N–H and O–H groups in total. The number of nitrogens with one attached hydrogen (secondary N) is 1. The van der Waals surface area contributed by atoms with Gasteiger partial charge in [-0.1, -0.05) is 38.0 Å². The molecule has 4 heteroatoms. The van der Waals surface area contributed by atoms with Crippen LogP contribution in [0.5, 0.6) is 0 Å². The monoisotopic (exact) mass is 290 g/mol. The van der Waals surface area contributed by atoms with Crippen LogP contribution < -0.4 is 11.1 Å². The maximum Gasteiger partial charge on any atom is 0.244 e. The van der Waals surface area contributed by atoms with Crippen molar-refractivity contribution < 1.29 is 9.53 Å². The van der Waals surface area contributed by atoms with E-state index in [2.05, 4.69) is 12.2 Å². The number of amides is 1. The Hall–Kier alpha value is -1.39. The van der Waals surface area contributed by atoms with Crippen molar-refractivity contribution in [1.29, 1.82) is 0 Å². The zero-order chi connectivity index (χ0) is 15.3. The summed E-state index contributed by atoms with van der Waals surface area (Å²) in [4.78, 5) is 12.6. The second kappa shape index (κ2) is 7.05. The predicted octanol–water partition coefficient (Wildman–Crippen LogP) is 3.07. The first-order chi connectivity index (χ1) is 10.0. The highest BCUT2D eigenvalue weighted by Crippen LogP contribution is 2.31. The molecule has 0 radical (unpaired) electrons. The molecule has 1 amide bonds. The molecule has 0 bridgehead atoms. The molecule has 1 aliphatic carbocycles. The molecule has 0 aliphatic heterocycles. The summed E-state index contributed by atoms with van der Waals surface area (Å²) in [6, 6.07) is 7.74. The summed E-state index contributed by atoms with van der Waals surface area (Å²) in [5.74, 6) is 0.436. The van der Waals surface area contributed by atoms with Gasteiger partial charge in [-0.3, -0.25) is 4.79 Å². The molecule has 2 unspecified atom stereocenters. The topological polar surface area (TPSA) is 64.3 Å². The molecule has 1 saturated carbocycles. The molecule has 2 rings (SSSR count). The van der Waals surface area contributed by atoms with Gasteiger partial charge >= 0.3 is 0 Å². The smallest absolute Gasteiger partial charge is 0.244 e. The molecular formula is C17H26N2O2. The Labute approximate surface area is 127 Å². The summed E-state index contributed by atoms with van der Waals surface area (Å²) < 4.78 is 5.45. The molecule has 1 fully saturated rings. The van der Waals surface area contributed by atoms with Crippen LogP contribution in [0.15, 0.2) is 24.3 Å². The Morgan fingerprint density at radius 3 is 2.95 bits per heavy atom. The number of benzene rings is 1. The largest absolute Gasteiger partial charge is 0.377 e. The highest BCUT2D eigenvalue weighted by molar-refractivity contribution is 5.98. The number of ether oxygens (including phenoxy) is 1. The van der Waals surface area contributed by atoms with Crippen LogP contribution in [0.2, 0.25) is 0 Å². The predicted molar refractivity (Wildman–Crippen MR) is 85.0 cm³/mol. The van der Waals surface area contributed by atoms with E-state index in [-0.39, 0.29) is 5.91 Å². The van der Waals surface area contributed by atoms with Crippen molar-refractivity contribution in [1.82, 2.24) is 0 Å². The minimum Gasteiger partial charge on any atom is -0.377 e. The van der Waals surface area contributed by atoms with Crippen LogP contribution >= 0.6 is 0 Å². The van der Waals surface area contributed by atoms with Gasteiger partial charge in [0.25, 0.3) is 0 Å². The summed E-state index contributed by atoms with van der Waals surface area (Å²) in [7, 11) is 0. The Bertz CT molecular complexity index is 489. The first-order valence-electron chi connectivity index (χ1n) is 7.81. The molecule has 1 aliphatic rings. The van der Waals surface area contributed by atoms with Crippen LogP contribution in [0.1, 0.15) is 45.1 Å². The number of carbonyl (C=O) groups excluding carboxylic acids is 1. The lowest BCUT2D eigenvalue weighted by Crippen LogP contribution is -2.53. The van der Waals surface area contributed by atoms with Gasteiger partial charge in [0.05, 0.1) is 12.1 Å². The molecule has 4 nitrogen and oxygen atoms in total. The van der Waals surface area contributed by atoms with Crippen molar-refractivity contribution in [2.45, 2.75) is 51.7 Å². The summed E-state index contributed by atoms with van der Waals surface area (Å²) in [6.45, 7) is 5.28. The number of carbonyl (C=O) groups is 1. The van der Waals surface area contributed by atoms with E-state index in [4.69, 9.17) is 10.5 Å². The Morgan fingerprint density at radius 1 is 1.48 bits per heavy atom.